The summed E-state index contributed by atoms with van der Waals surface area (Å²) in [6.45, 7) is 0. The Labute approximate surface area is 103 Å². The van der Waals surface area contributed by atoms with Crippen LogP contribution in [0.25, 0.3) is 0 Å². The van der Waals surface area contributed by atoms with Crippen LogP contribution in [0.3, 0.4) is 0 Å². The minimum atomic E-state index is -0.482. The zero-order valence-electron chi connectivity index (χ0n) is 8.84. The zero-order valence-corrected chi connectivity index (χ0v) is 9.59. The summed E-state index contributed by atoms with van der Waals surface area (Å²) in [5.41, 5.74) is 1.61. The van der Waals surface area contributed by atoms with Gasteiger partial charge in [0.15, 0.2) is 0 Å². The molecule has 0 bridgehead atoms. The molecule has 0 N–H and O–H groups in total. The topological polar surface area (TPSA) is 56.0 Å². The summed E-state index contributed by atoms with van der Waals surface area (Å²) in [6.07, 6.45) is 2.25. The van der Waals surface area contributed by atoms with Gasteiger partial charge in [-0.2, -0.15) is 0 Å². The van der Waals surface area contributed by atoms with Gasteiger partial charge >= 0.3 is 0 Å². The van der Waals surface area contributed by atoms with Crippen LogP contribution in [-0.4, -0.2) is 9.91 Å². The lowest BCUT2D eigenvalue weighted by molar-refractivity contribution is -0.384. The number of nitrogens with zero attached hydrogens (tertiary/aromatic N) is 2. The van der Waals surface area contributed by atoms with Crippen molar-refractivity contribution in [2.45, 2.75) is 6.42 Å². The van der Waals surface area contributed by atoms with Crippen molar-refractivity contribution in [3.63, 3.8) is 0 Å². The summed E-state index contributed by atoms with van der Waals surface area (Å²) < 4.78 is 0. The van der Waals surface area contributed by atoms with Crippen LogP contribution in [0.5, 0.6) is 0 Å². The minimum absolute atomic E-state index is 0.0694. The van der Waals surface area contributed by atoms with E-state index in [1.165, 1.54) is 12.1 Å². The molecule has 0 atom stereocenters. The van der Waals surface area contributed by atoms with Gasteiger partial charge in [0, 0.05) is 24.4 Å². The van der Waals surface area contributed by atoms with Crippen LogP contribution in [0.4, 0.5) is 5.69 Å². The molecule has 0 saturated carbocycles. The fourth-order valence-electron chi connectivity index (χ4n) is 1.52. The van der Waals surface area contributed by atoms with Crippen molar-refractivity contribution < 1.29 is 4.92 Å². The van der Waals surface area contributed by atoms with E-state index in [0.717, 1.165) is 11.3 Å². The quantitative estimate of drug-likeness (QED) is 0.619. The minimum Gasteiger partial charge on any atom is -0.261 e. The Morgan fingerprint density at radius 2 is 2.12 bits per heavy atom. The first-order chi connectivity index (χ1) is 8.16. The highest BCUT2D eigenvalue weighted by atomic mass is 35.5. The molecule has 86 valence electrons. The standard InChI is InChI=1S/C12H9ClN2O2/c13-11-5-4-9(8-12(11)15(16)17)7-10-3-1-2-6-14-10/h1-6,8H,7H2. The molecular weight excluding hydrogens is 240 g/mol. The summed E-state index contributed by atoms with van der Waals surface area (Å²) in [7, 11) is 0. The molecule has 1 aromatic heterocycles. The molecule has 0 radical (unpaired) electrons. The third-order valence-electron chi connectivity index (χ3n) is 2.32. The van der Waals surface area contributed by atoms with Gasteiger partial charge < -0.3 is 0 Å². The van der Waals surface area contributed by atoms with Crippen molar-refractivity contribution in [3.05, 3.63) is 69.0 Å². The van der Waals surface area contributed by atoms with E-state index in [1.807, 2.05) is 18.2 Å². The van der Waals surface area contributed by atoms with Gasteiger partial charge in [0.05, 0.1) is 4.92 Å². The fraction of sp³-hybridized carbons (Fsp3) is 0.0833. The molecule has 0 aliphatic rings. The predicted octanol–water partition coefficient (Wildman–Crippen LogP) is 3.23. The van der Waals surface area contributed by atoms with Crippen LogP contribution in [0, 0.1) is 10.1 Å². The molecule has 0 aliphatic heterocycles. The largest absolute Gasteiger partial charge is 0.288 e. The summed E-state index contributed by atoms with van der Waals surface area (Å²) in [6, 6.07) is 10.4. The number of nitro benzene ring substituents is 1. The molecule has 5 heteroatoms. The van der Waals surface area contributed by atoms with Gasteiger partial charge in [0.1, 0.15) is 5.02 Å². The molecule has 0 aliphatic carbocycles. The van der Waals surface area contributed by atoms with Crippen molar-refractivity contribution in [2.75, 3.05) is 0 Å². The molecule has 1 aromatic carbocycles. The number of nitro groups is 1. The maximum atomic E-state index is 10.7. The molecule has 0 amide bonds. The number of rotatable bonds is 3. The summed E-state index contributed by atoms with van der Waals surface area (Å²) in [4.78, 5) is 14.4. The number of pyridine rings is 1. The number of halogens is 1. The molecule has 0 fully saturated rings. The Hall–Kier alpha value is -1.94. The zero-order chi connectivity index (χ0) is 12.3. The SMILES string of the molecule is O=[N+]([O-])c1cc(Cc2ccccn2)ccc1Cl. The number of aromatic nitrogens is 1. The van der Waals surface area contributed by atoms with E-state index in [2.05, 4.69) is 4.98 Å². The van der Waals surface area contributed by atoms with Crippen molar-refractivity contribution in [2.24, 2.45) is 0 Å². The first-order valence-electron chi connectivity index (χ1n) is 4.99. The second-order valence-electron chi connectivity index (χ2n) is 3.54. The van der Waals surface area contributed by atoms with E-state index in [0.29, 0.717) is 6.42 Å². The highest BCUT2D eigenvalue weighted by Gasteiger charge is 2.12. The van der Waals surface area contributed by atoms with Gasteiger partial charge in [-0.3, -0.25) is 15.1 Å². The van der Waals surface area contributed by atoms with E-state index in [1.54, 1.807) is 12.3 Å². The lowest BCUT2D eigenvalue weighted by Gasteiger charge is -2.02. The third-order valence-corrected chi connectivity index (χ3v) is 2.64. The molecular formula is C12H9ClN2O2. The van der Waals surface area contributed by atoms with E-state index < -0.39 is 4.92 Å². The van der Waals surface area contributed by atoms with Crippen LogP contribution in [0.1, 0.15) is 11.3 Å². The van der Waals surface area contributed by atoms with Crippen LogP contribution in [0.2, 0.25) is 5.02 Å². The van der Waals surface area contributed by atoms with Gasteiger partial charge in [0.2, 0.25) is 0 Å². The first-order valence-corrected chi connectivity index (χ1v) is 5.37. The van der Waals surface area contributed by atoms with E-state index in [-0.39, 0.29) is 10.7 Å². The predicted molar refractivity (Wildman–Crippen MR) is 65.1 cm³/mol. The summed E-state index contributed by atoms with van der Waals surface area (Å²) in [5.74, 6) is 0. The van der Waals surface area contributed by atoms with E-state index >= 15 is 0 Å². The van der Waals surface area contributed by atoms with Crippen molar-refractivity contribution in [1.29, 1.82) is 0 Å². The number of benzene rings is 1. The molecule has 2 rings (SSSR count). The smallest absolute Gasteiger partial charge is 0.261 e. The maximum Gasteiger partial charge on any atom is 0.288 e. The highest BCUT2D eigenvalue weighted by molar-refractivity contribution is 6.32. The first kappa shape index (κ1) is 11.5. The molecule has 1 heterocycles. The second kappa shape index (κ2) is 4.93. The van der Waals surface area contributed by atoms with Crippen LogP contribution in [0.15, 0.2) is 42.6 Å². The molecule has 0 saturated heterocycles. The highest BCUT2D eigenvalue weighted by Crippen LogP contribution is 2.25. The van der Waals surface area contributed by atoms with Crippen molar-refractivity contribution in [1.82, 2.24) is 4.98 Å². The average Bonchev–Trinajstić information content (AvgIpc) is 2.32. The Morgan fingerprint density at radius 3 is 2.76 bits per heavy atom. The van der Waals surface area contributed by atoms with Gasteiger partial charge in [-0.05, 0) is 23.8 Å². The Morgan fingerprint density at radius 1 is 1.29 bits per heavy atom. The summed E-state index contributed by atoms with van der Waals surface area (Å²) >= 11 is 5.74. The third kappa shape index (κ3) is 2.79. The number of hydrogen-bond donors (Lipinski definition) is 0. The lowest BCUT2D eigenvalue weighted by atomic mass is 10.1. The number of hydrogen-bond acceptors (Lipinski definition) is 3. The van der Waals surface area contributed by atoms with Gasteiger partial charge in [-0.25, -0.2) is 0 Å². The molecule has 4 nitrogen and oxygen atoms in total. The normalized spacial score (nSPS) is 10.2. The van der Waals surface area contributed by atoms with Crippen LogP contribution in [-0.2, 0) is 6.42 Å². The van der Waals surface area contributed by atoms with Crippen LogP contribution < -0.4 is 0 Å². The maximum absolute atomic E-state index is 10.7. The monoisotopic (exact) mass is 248 g/mol. The van der Waals surface area contributed by atoms with E-state index in [4.69, 9.17) is 11.6 Å². The van der Waals surface area contributed by atoms with Crippen LogP contribution >= 0.6 is 11.6 Å². The Balaban J connectivity index is 2.29. The van der Waals surface area contributed by atoms with Crippen molar-refractivity contribution in [3.8, 4) is 0 Å². The molecule has 17 heavy (non-hydrogen) atoms. The molecule has 0 unspecified atom stereocenters. The Bertz CT molecular complexity index is 543. The lowest BCUT2D eigenvalue weighted by Crippen LogP contribution is -1.94. The fourth-order valence-corrected chi connectivity index (χ4v) is 1.71. The van der Waals surface area contributed by atoms with Gasteiger partial charge in [0.25, 0.3) is 5.69 Å². The van der Waals surface area contributed by atoms with Gasteiger partial charge in [-0.15, -0.1) is 0 Å². The Kier molecular flexibility index (Phi) is 3.35. The molecule has 0 spiro atoms. The van der Waals surface area contributed by atoms with Gasteiger partial charge in [-0.1, -0.05) is 23.7 Å². The average molecular weight is 249 g/mol. The van der Waals surface area contributed by atoms with E-state index in [9.17, 15) is 10.1 Å². The summed E-state index contributed by atoms with van der Waals surface area (Å²) in [5, 5.41) is 10.9. The van der Waals surface area contributed by atoms with Crippen molar-refractivity contribution >= 4 is 17.3 Å². The second-order valence-corrected chi connectivity index (χ2v) is 3.95. The molecule has 2 aromatic rings.